The number of amides is 1. The van der Waals surface area contributed by atoms with E-state index in [4.69, 9.17) is 4.74 Å². The summed E-state index contributed by atoms with van der Waals surface area (Å²) in [4.78, 5) is 13.9. The van der Waals surface area contributed by atoms with Crippen molar-refractivity contribution >= 4 is 5.91 Å². The number of likely N-dealkylation sites (tertiary alicyclic amines) is 1. The van der Waals surface area contributed by atoms with E-state index in [1.54, 1.807) is 19.9 Å². The first-order valence-electron chi connectivity index (χ1n) is 8.41. The first-order valence-corrected chi connectivity index (χ1v) is 8.41. The summed E-state index contributed by atoms with van der Waals surface area (Å²) in [5, 5.41) is 20.0. The summed E-state index contributed by atoms with van der Waals surface area (Å²) in [5.41, 5.74) is 0.562. The van der Waals surface area contributed by atoms with Crippen LogP contribution in [0.1, 0.15) is 53.9 Å². The van der Waals surface area contributed by atoms with Gasteiger partial charge < -0.3 is 19.8 Å². The summed E-state index contributed by atoms with van der Waals surface area (Å²) < 4.78 is 5.67. The molecule has 1 heterocycles. The highest BCUT2D eigenvalue weighted by molar-refractivity contribution is 6.01. The van der Waals surface area contributed by atoms with Crippen LogP contribution in [0, 0.1) is 0 Å². The lowest BCUT2D eigenvalue weighted by atomic mass is 10.1. The molecule has 5 nitrogen and oxygen atoms in total. The van der Waals surface area contributed by atoms with Gasteiger partial charge in [0.2, 0.25) is 0 Å². The zero-order valence-corrected chi connectivity index (χ0v) is 15.0. The van der Waals surface area contributed by atoms with E-state index >= 15 is 0 Å². The number of hydrogen-bond acceptors (Lipinski definition) is 4. The molecule has 0 aliphatic carbocycles. The molecule has 1 aliphatic rings. The van der Waals surface area contributed by atoms with E-state index in [2.05, 4.69) is 0 Å². The summed E-state index contributed by atoms with van der Waals surface area (Å²) in [6, 6.07) is 0. The maximum atomic E-state index is 12.4. The third-order valence-corrected chi connectivity index (χ3v) is 3.98. The second-order valence-corrected chi connectivity index (χ2v) is 6.67. The maximum absolute atomic E-state index is 12.4. The Balaban J connectivity index is 2.54. The summed E-state index contributed by atoms with van der Waals surface area (Å²) in [6.07, 6.45) is 4.75. The Kier molecular flexibility index (Phi) is 7.45. The Labute approximate surface area is 139 Å². The van der Waals surface area contributed by atoms with Gasteiger partial charge in [-0.3, -0.25) is 4.79 Å². The molecule has 0 spiro atoms. The van der Waals surface area contributed by atoms with Crippen LogP contribution in [0.5, 0.6) is 0 Å². The van der Waals surface area contributed by atoms with Gasteiger partial charge in [0.05, 0.1) is 11.7 Å². The molecular weight excluding hydrogens is 294 g/mol. The van der Waals surface area contributed by atoms with Crippen LogP contribution in [0.2, 0.25) is 0 Å². The predicted octanol–water partition coefficient (Wildman–Crippen LogP) is 2.39. The number of carbonyl (C=O) groups is 1. The highest BCUT2D eigenvalue weighted by Crippen LogP contribution is 2.29. The molecule has 1 aliphatic heterocycles. The van der Waals surface area contributed by atoms with E-state index in [0.717, 1.165) is 6.42 Å². The molecule has 0 aromatic carbocycles. The lowest BCUT2D eigenvalue weighted by molar-refractivity contribution is -0.131. The summed E-state index contributed by atoms with van der Waals surface area (Å²) in [7, 11) is 0. The first-order chi connectivity index (χ1) is 10.7. The number of aliphatic hydroxyl groups excluding tert-OH is 1. The van der Waals surface area contributed by atoms with Crippen molar-refractivity contribution in [3.8, 4) is 0 Å². The van der Waals surface area contributed by atoms with Crippen molar-refractivity contribution in [1.82, 2.24) is 4.90 Å². The van der Waals surface area contributed by atoms with Gasteiger partial charge in [0.15, 0.2) is 6.23 Å². The van der Waals surface area contributed by atoms with Crippen LogP contribution >= 0.6 is 0 Å². The summed E-state index contributed by atoms with van der Waals surface area (Å²) in [6.45, 7) is 10.2. The first kappa shape index (κ1) is 19.9. The molecule has 132 valence electrons. The smallest absolute Gasteiger partial charge is 0.256 e. The molecule has 1 saturated heterocycles. The Bertz CT molecular complexity index is 462. The standard InChI is InChI=1S/C18H31NO4/c1-6-8-15-14(7-2)16(20)19(17(15)21)11-9-13(3)23-12-10-18(4,5)22/h7-8,13,17,21-22H,6,9-12H2,1-5H3/b14-7+,15-8+/t13?,17-/m0/s1. The molecule has 0 bridgehead atoms. The van der Waals surface area contributed by atoms with E-state index in [1.165, 1.54) is 4.90 Å². The molecule has 1 rings (SSSR count). The van der Waals surface area contributed by atoms with Crippen molar-refractivity contribution in [2.24, 2.45) is 0 Å². The minimum atomic E-state index is -0.864. The third-order valence-electron chi connectivity index (χ3n) is 3.98. The number of aliphatic hydroxyl groups is 2. The number of ether oxygens (including phenoxy) is 1. The van der Waals surface area contributed by atoms with Gasteiger partial charge in [0, 0.05) is 24.3 Å². The number of rotatable bonds is 8. The van der Waals surface area contributed by atoms with Gasteiger partial charge in [-0.05, 0) is 47.0 Å². The average Bonchev–Trinajstić information content (AvgIpc) is 2.67. The molecule has 0 radical (unpaired) electrons. The van der Waals surface area contributed by atoms with Crippen LogP contribution in [-0.2, 0) is 9.53 Å². The van der Waals surface area contributed by atoms with Gasteiger partial charge in [-0.25, -0.2) is 0 Å². The molecule has 5 heteroatoms. The molecular formula is C18H31NO4. The van der Waals surface area contributed by atoms with Crippen LogP contribution < -0.4 is 0 Å². The zero-order valence-electron chi connectivity index (χ0n) is 15.0. The van der Waals surface area contributed by atoms with E-state index in [9.17, 15) is 15.0 Å². The van der Waals surface area contributed by atoms with Gasteiger partial charge in [0.1, 0.15) is 0 Å². The van der Waals surface area contributed by atoms with Gasteiger partial charge in [0.25, 0.3) is 5.91 Å². The van der Waals surface area contributed by atoms with Crippen molar-refractivity contribution in [3.05, 3.63) is 23.3 Å². The average molecular weight is 325 g/mol. The van der Waals surface area contributed by atoms with E-state index in [1.807, 2.05) is 26.8 Å². The van der Waals surface area contributed by atoms with Gasteiger partial charge >= 0.3 is 0 Å². The second-order valence-electron chi connectivity index (χ2n) is 6.67. The van der Waals surface area contributed by atoms with Gasteiger partial charge in [-0.1, -0.05) is 19.1 Å². The molecule has 0 aromatic rings. The van der Waals surface area contributed by atoms with Crippen LogP contribution in [0.25, 0.3) is 0 Å². The molecule has 23 heavy (non-hydrogen) atoms. The fourth-order valence-corrected chi connectivity index (χ4v) is 2.56. The maximum Gasteiger partial charge on any atom is 0.256 e. The minimum Gasteiger partial charge on any atom is -0.390 e. The van der Waals surface area contributed by atoms with Crippen LogP contribution in [0.15, 0.2) is 23.3 Å². The molecule has 1 unspecified atom stereocenters. The van der Waals surface area contributed by atoms with E-state index < -0.39 is 11.8 Å². The lowest BCUT2D eigenvalue weighted by Gasteiger charge is -2.23. The second kappa shape index (κ2) is 8.62. The van der Waals surface area contributed by atoms with E-state index in [0.29, 0.717) is 37.1 Å². The van der Waals surface area contributed by atoms with Crippen LogP contribution in [0.4, 0.5) is 0 Å². The Morgan fingerprint density at radius 2 is 2.09 bits per heavy atom. The monoisotopic (exact) mass is 325 g/mol. The quantitative estimate of drug-likeness (QED) is 0.672. The van der Waals surface area contributed by atoms with Crippen molar-refractivity contribution in [3.63, 3.8) is 0 Å². The molecule has 2 N–H and O–H groups in total. The van der Waals surface area contributed by atoms with Crippen LogP contribution in [-0.4, -0.2) is 52.1 Å². The molecule has 0 saturated carbocycles. The highest BCUT2D eigenvalue weighted by Gasteiger charge is 2.37. The molecule has 1 amide bonds. The van der Waals surface area contributed by atoms with Gasteiger partial charge in [-0.15, -0.1) is 0 Å². The largest absolute Gasteiger partial charge is 0.390 e. The number of nitrogens with zero attached hydrogens (tertiary/aromatic N) is 1. The van der Waals surface area contributed by atoms with E-state index in [-0.39, 0.29) is 12.0 Å². The topological polar surface area (TPSA) is 70.0 Å². The number of carbonyl (C=O) groups excluding carboxylic acids is 1. The van der Waals surface area contributed by atoms with Gasteiger partial charge in [-0.2, -0.15) is 0 Å². The fourth-order valence-electron chi connectivity index (χ4n) is 2.56. The lowest BCUT2D eigenvalue weighted by Crippen LogP contribution is -2.36. The minimum absolute atomic E-state index is 0.0365. The van der Waals surface area contributed by atoms with Crippen molar-refractivity contribution in [2.75, 3.05) is 13.2 Å². The SMILES string of the molecule is C/C=C1/C(=O)N(CCC(C)OCCC(C)(C)O)[C@@H](O)/C1=C/CC. The van der Waals surface area contributed by atoms with Crippen LogP contribution in [0.3, 0.4) is 0 Å². The van der Waals surface area contributed by atoms with Crippen molar-refractivity contribution in [2.45, 2.75) is 71.8 Å². The fraction of sp³-hybridized carbons (Fsp3) is 0.722. The molecule has 2 atom stereocenters. The predicted molar refractivity (Wildman–Crippen MR) is 90.8 cm³/mol. The Morgan fingerprint density at radius 3 is 2.61 bits per heavy atom. The third kappa shape index (κ3) is 5.75. The number of allylic oxidation sites excluding steroid dienone is 2. The van der Waals surface area contributed by atoms with Crippen molar-refractivity contribution < 1.29 is 19.7 Å². The zero-order chi connectivity index (χ0) is 17.6. The Morgan fingerprint density at radius 1 is 1.43 bits per heavy atom. The summed E-state index contributed by atoms with van der Waals surface area (Å²) in [5.74, 6) is -0.122. The molecule has 0 aromatic heterocycles. The van der Waals surface area contributed by atoms with Crippen molar-refractivity contribution in [1.29, 1.82) is 0 Å². The Hall–Kier alpha value is -1.17. The highest BCUT2D eigenvalue weighted by atomic mass is 16.5. The molecule has 1 fully saturated rings. The normalized spacial score (nSPS) is 24.0. The summed E-state index contributed by atoms with van der Waals surface area (Å²) >= 11 is 0. The number of hydrogen-bond donors (Lipinski definition) is 2.